The van der Waals surface area contributed by atoms with Crippen LogP contribution in [0.25, 0.3) is 0 Å². The quantitative estimate of drug-likeness (QED) is 0.0197. The Morgan fingerprint density at radius 2 is 0.622 bits per heavy atom. The molecule has 3 unspecified atom stereocenters. The van der Waals surface area contributed by atoms with Crippen LogP contribution >= 0.6 is 7.82 Å². The Hall–Kier alpha value is -1.78. The lowest BCUT2D eigenvalue weighted by atomic mass is 10.0. The van der Waals surface area contributed by atoms with Gasteiger partial charge in [-0.1, -0.05) is 277 Å². The molecule has 11 nitrogen and oxygen atoms in total. The topological polar surface area (TPSA) is 155 Å². The SMILES string of the molecule is CCCCCCCC/C=C\CCCCCCCCCCCC(=O)OCC(COP(=O)(O)OCC(CO)OC(=O)CCCCCCCCCCCCC)OC(=O)CCCCCCCCCCCCCCCCCCC. The number of hydrogen-bond acceptors (Lipinski definition) is 10. The molecule has 0 saturated carbocycles. The van der Waals surface area contributed by atoms with Crippen molar-refractivity contribution < 1.29 is 52.2 Å². The van der Waals surface area contributed by atoms with Gasteiger partial charge < -0.3 is 24.2 Å². The molecule has 0 aromatic rings. The highest BCUT2D eigenvalue weighted by molar-refractivity contribution is 7.47. The van der Waals surface area contributed by atoms with Gasteiger partial charge in [0.2, 0.25) is 0 Å². The fraction of sp³-hybridized carbons (Fsp3) is 0.919. The monoisotopic (exact) mass is 1070 g/mol. The number of phosphoric acid groups is 1. The highest BCUT2D eigenvalue weighted by atomic mass is 31.2. The van der Waals surface area contributed by atoms with Crippen LogP contribution in [-0.4, -0.2) is 66.5 Å². The molecule has 0 heterocycles. The molecule has 0 aromatic heterocycles. The number of aliphatic hydroxyl groups is 1. The van der Waals surface area contributed by atoms with Crippen molar-refractivity contribution in [2.75, 3.05) is 26.4 Å². The smallest absolute Gasteiger partial charge is 0.462 e. The summed E-state index contributed by atoms with van der Waals surface area (Å²) < 4.78 is 39.6. The largest absolute Gasteiger partial charge is 0.472 e. The lowest BCUT2D eigenvalue weighted by molar-refractivity contribution is -0.161. The number of allylic oxidation sites excluding steroid dienone is 2. The fourth-order valence-electron chi connectivity index (χ4n) is 9.35. The molecule has 3 atom stereocenters. The third kappa shape index (κ3) is 55.0. The number of phosphoric ester groups is 1. The summed E-state index contributed by atoms with van der Waals surface area (Å²) in [5.41, 5.74) is 0. The average molecular weight is 1070 g/mol. The molecule has 0 bridgehead atoms. The summed E-state index contributed by atoms with van der Waals surface area (Å²) in [4.78, 5) is 48.6. The van der Waals surface area contributed by atoms with Gasteiger partial charge in [0.25, 0.3) is 0 Å². The molecule has 0 aliphatic carbocycles. The van der Waals surface area contributed by atoms with Crippen LogP contribution in [0.5, 0.6) is 0 Å². The zero-order chi connectivity index (χ0) is 54.1. The number of carbonyl (C=O) groups is 3. The van der Waals surface area contributed by atoms with E-state index >= 15 is 0 Å². The van der Waals surface area contributed by atoms with E-state index in [-0.39, 0.29) is 25.9 Å². The van der Waals surface area contributed by atoms with Crippen molar-refractivity contribution in [1.29, 1.82) is 0 Å². The lowest BCUT2D eigenvalue weighted by Crippen LogP contribution is -2.30. The van der Waals surface area contributed by atoms with Gasteiger partial charge in [0.15, 0.2) is 6.10 Å². The van der Waals surface area contributed by atoms with E-state index in [1.165, 1.54) is 212 Å². The number of unbranched alkanes of at least 4 members (excludes halogenated alkanes) is 41. The van der Waals surface area contributed by atoms with Crippen LogP contribution in [0, 0.1) is 0 Å². The Labute approximate surface area is 456 Å². The molecule has 0 saturated heterocycles. The fourth-order valence-corrected chi connectivity index (χ4v) is 10.1. The average Bonchev–Trinajstić information content (AvgIpc) is 3.39. The van der Waals surface area contributed by atoms with E-state index in [4.69, 9.17) is 23.3 Å². The molecule has 438 valence electrons. The summed E-state index contributed by atoms with van der Waals surface area (Å²) in [6.45, 7) is 4.71. The number of esters is 3. The van der Waals surface area contributed by atoms with Crippen molar-refractivity contribution in [3.05, 3.63) is 12.2 Å². The highest BCUT2D eigenvalue weighted by Crippen LogP contribution is 2.43. The predicted molar refractivity (Wildman–Crippen MR) is 307 cm³/mol. The molecule has 74 heavy (non-hydrogen) atoms. The molecule has 0 rings (SSSR count). The Bertz CT molecular complexity index is 1290. The van der Waals surface area contributed by atoms with Gasteiger partial charge in [-0.2, -0.15) is 0 Å². The molecule has 0 amide bonds. The molecule has 0 aliphatic rings. The first-order valence-corrected chi connectivity index (χ1v) is 33.1. The van der Waals surface area contributed by atoms with E-state index in [1.807, 2.05) is 0 Å². The van der Waals surface area contributed by atoms with Crippen LogP contribution in [0.1, 0.15) is 329 Å². The van der Waals surface area contributed by atoms with Gasteiger partial charge in [-0.25, -0.2) is 4.57 Å². The third-order valence-corrected chi connectivity index (χ3v) is 15.1. The van der Waals surface area contributed by atoms with E-state index in [0.717, 1.165) is 57.8 Å². The van der Waals surface area contributed by atoms with Crippen LogP contribution < -0.4 is 0 Å². The Morgan fingerprint density at radius 1 is 0.365 bits per heavy atom. The zero-order valence-electron chi connectivity index (χ0n) is 48.6. The first kappa shape index (κ1) is 72.2. The molecular formula is C62H119O11P. The molecule has 0 fully saturated rings. The lowest BCUT2D eigenvalue weighted by Gasteiger charge is -2.21. The van der Waals surface area contributed by atoms with E-state index in [1.54, 1.807) is 0 Å². The summed E-state index contributed by atoms with van der Waals surface area (Å²) in [5, 5.41) is 9.81. The van der Waals surface area contributed by atoms with E-state index in [0.29, 0.717) is 19.3 Å². The second kappa shape index (κ2) is 57.4. The second-order valence-electron chi connectivity index (χ2n) is 21.6. The minimum Gasteiger partial charge on any atom is -0.462 e. The standard InChI is InChI=1S/C62H119O11P/c1-4-7-10-13-16-19-22-24-26-28-29-31-32-34-37-39-42-45-48-51-60(64)69-55-59(73-62(66)53-50-47-44-41-38-35-33-30-27-25-23-20-17-14-11-8-5-2)57-71-74(67,68)70-56-58(54-63)72-61(65)52-49-46-43-40-36-21-18-15-12-9-6-3/h24,26,58-59,63H,4-23,25,27-57H2,1-3H3,(H,67,68)/b26-24-. The summed E-state index contributed by atoms with van der Waals surface area (Å²) >= 11 is 0. The second-order valence-corrected chi connectivity index (χ2v) is 23.0. The molecule has 12 heteroatoms. The van der Waals surface area contributed by atoms with Crippen LogP contribution in [-0.2, 0) is 42.2 Å². The van der Waals surface area contributed by atoms with E-state index in [9.17, 15) is 28.9 Å². The third-order valence-electron chi connectivity index (χ3n) is 14.2. The Kier molecular flexibility index (Phi) is 56.0. The van der Waals surface area contributed by atoms with Crippen LogP contribution in [0.15, 0.2) is 12.2 Å². The van der Waals surface area contributed by atoms with Gasteiger partial charge in [0.05, 0.1) is 19.8 Å². The van der Waals surface area contributed by atoms with Gasteiger partial charge in [0, 0.05) is 19.3 Å². The maximum atomic E-state index is 12.9. The molecule has 0 spiro atoms. The van der Waals surface area contributed by atoms with Crippen LogP contribution in [0.4, 0.5) is 0 Å². The van der Waals surface area contributed by atoms with Crippen LogP contribution in [0.2, 0.25) is 0 Å². The Balaban J connectivity index is 4.64. The number of hydrogen-bond donors (Lipinski definition) is 2. The van der Waals surface area contributed by atoms with Gasteiger partial charge in [0.1, 0.15) is 12.7 Å². The van der Waals surface area contributed by atoms with Crippen LogP contribution in [0.3, 0.4) is 0 Å². The van der Waals surface area contributed by atoms with Crippen molar-refractivity contribution >= 4 is 25.7 Å². The van der Waals surface area contributed by atoms with Gasteiger partial charge in [-0.05, 0) is 44.9 Å². The molecular weight excluding hydrogens is 952 g/mol. The maximum Gasteiger partial charge on any atom is 0.472 e. The van der Waals surface area contributed by atoms with Crippen molar-refractivity contribution in [2.45, 2.75) is 341 Å². The Morgan fingerprint density at radius 3 is 0.932 bits per heavy atom. The predicted octanol–water partition coefficient (Wildman–Crippen LogP) is 18.8. The number of carbonyl (C=O) groups excluding carboxylic acids is 3. The van der Waals surface area contributed by atoms with Gasteiger partial charge in [-0.15, -0.1) is 0 Å². The van der Waals surface area contributed by atoms with Crippen molar-refractivity contribution in [3.63, 3.8) is 0 Å². The normalized spacial score (nSPS) is 13.3. The summed E-state index contributed by atoms with van der Waals surface area (Å²) in [5.74, 6) is -1.43. The molecule has 0 radical (unpaired) electrons. The van der Waals surface area contributed by atoms with Gasteiger partial charge in [-0.3, -0.25) is 23.4 Å². The molecule has 0 aromatic carbocycles. The first-order valence-electron chi connectivity index (χ1n) is 31.6. The van der Waals surface area contributed by atoms with Crippen molar-refractivity contribution in [1.82, 2.24) is 0 Å². The summed E-state index contributed by atoms with van der Waals surface area (Å²) in [6.07, 6.45) is 57.4. The van der Waals surface area contributed by atoms with E-state index in [2.05, 4.69) is 32.9 Å². The summed E-state index contributed by atoms with van der Waals surface area (Å²) in [7, 11) is -4.74. The zero-order valence-corrected chi connectivity index (χ0v) is 49.5. The number of ether oxygens (including phenoxy) is 3. The maximum absolute atomic E-state index is 12.9. The van der Waals surface area contributed by atoms with Crippen molar-refractivity contribution in [2.24, 2.45) is 0 Å². The molecule has 0 aliphatic heterocycles. The molecule has 2 N–H and O–H groups in total. The minimum absolute atomic E-state index is 0.176. The number of aliphatic hydroxyl groups excluding tert-OH is 1. The number of rotatable bonds is 60. The van der Waals surface area contributed by atoms with Gasteiger partial charge >= 0.3 is 25.7 Å². The highest BCUT2D eigenvalue weighted by Gasteiger charge is 2.28. The first-order chi connectivity index (χ1) is 36.2. The van der Waals surface area contributed by atoms with E-state index < -0.39 is 57.8 Å². The minimum atomic E-state index is -4.74. The van der Waals surface area contributed by atoms with Crippen molar-refractivity contribution in [3.8, 4) is 0 Å². The summed E-state index contributed by atoms with van der Waals surface area (Å²) in [6, 6.07) is 0.